The van der Waals surface area contributed by atoms with Crippen molar-refractivity contribution in [1.82, 2.24) is 0 Å². The first-order valence-electron chi connectivity index (χ1n) is 5.64. The summed E-state index contributed by atoms with van der Waals surface area (Å²) in [5, 5.41) is 0. The fourth-order valence-electron chi connectivity index (χ4n) is 1.30. The molecule has 0 spiro atoms. The van der Waals surface area contributed by atoms with Crippen LogP contribution < -0.4 is 17.2 Å². The van der Waals surface area contributed by atoms with Gasteiger partial charge < -0.3 is 17.2 Å². The topological polar surface area (TPSA) is 95.1 Å². The first kappa shape index (κ1) is 20.0. The average molecular weight is 219 g/mol. The summed E-state index contributed by atoms with van der Waals surface area (Å²) in [4.78, 5) is 10.8. The molecule has 0 atom stereocenters. The molecule has 1 saturated carbocycles. The van der Waals surface area contributed by atoms with Gasteiger partial charge in [-0.1, -0.05) is 19.3 Å². The maximum Gasteiger partial charge on any atom is 0.132 e. The highest BCUT2D eigenvalue weighted by Gasteiger charge is 2.04. The lowest BCUT2D eigenvalue weighted by molar-refractivity contribution is -0.119. The van der Waals surface area contributed by atoms with Crippen LogP contribution >= 0.6 is 0 Å². The summed E-state index contributed by atoms with van der Waals surface area (Å²) in [6.07, 6.45) is 7.85. The van der Waals surface area contributed by atoms with Crippen LogP contribution in [0.3, 0.4) is 0 Å². The molecule has 15 heavy (non-hydrogen) atoms. The summed E-state index contributed by atoms with van der Waals surface area (Å²) < 4.78 is 0. The van der Waals surface area contributed by atoms with Gasteiger partial charge in [0.15, 0.2) is 0 Å². The lowest BCUT2D eigenvalue weighted by Gasteiger charge is -2.05. The molecule has 0 aliphatic heterocycles. The van der Waals surface area contributed by atoms with Crippen molar-refractivity contribution in [2.24, 2.45) is 17.2 Å². The lowest BCUT2D eigenvalue weighted by atomic mass is 10.0. The van der Waals surface area contributed by atoms with Gasteiger partial charge in [0.25, 0.3) is 0 Å². The van der Waals surface area contributed by atoms with Crippen LogP contribution in [0.25, 0.3) is 0 Å². The summed E-state index contributed by atoms with van der Waals surface area (Å²) in [6, 6.07) is 0. The smallest absolute Gasteiger partial charge is 0.132 e. The van der Waals surface area contributed by atoms with Gasteiger partial charge in [-0.25, -0.2) is 0 Å². The fraction of sp³-hybridized carbons (Fsp3) is 0.909. The second kappa shape index (κ2) is 23.4. The number of rotatable bonds is 0. The number of nitrogens with two attached hydrogens (primary N) is 3. The molecule has 1 fully saturated rings. The van der Waals surface area contributed by atoms with Crippen molar-refractivity contribution in [3.8, 4) is 0 Å². The molecule has 0 heterocycles. The zero-order valence-corrected chi connectivity index (χ0v) is 10.6. The summed E-state index contributed by atoms with van der Waals surface area (Å²) in [5.74, 6) is 0.481. The minimum atomic E-state index is 0.481. The number of hydrogen-bond acceptors (Lipinski definition) is 4. The van der Waals surface area contributed by atoms with Gasteiger partial charge in [0.2, 0.25) is 0 Å². The van der Waals surface area contributed by atoms with Crippen molar-refractivity contribution in [2.45, 2.75) is 44.9 Å². The summed E-state index contributed by atoms with van der Waals surface area (Å²) in [6.45, 7) is 0. The van der Waals surface area contributed by atoms with E-state index in [0.29, 0.717) is 5.78 Å². The SMILES string of the molecule is CN.CN.CN.O=C1CCCCCCC1. The van der Waals surface area contributed by atoms with E-state index in [-0.39, 0.29) is 0 Å². The van der Waals surface area contributed by atoms with Crippen LogP contribution in [0.1, 0.15) is 44.9 Å². The van der Waals surface area contributed by atoms with Crippen molar-refractivity contribution in [3.63, 3.8) is 0 Å². The average Bonchev–Trinajstić information content (AvgIpc) is 2.32. The van der Waals surface area contributed by atoms with E-state index >= 15 is 0 Å². The molecule has 94 valence electrons. The van der Waals surface area contributed by atoms with Crippen molar-refractivity contribution < 1.29 is 4.79 Å². The van der Waals surface area contributed by atoms with Crippen LogP contribution in [0.2, 0.25) is 0 Å². The molecule has 0 radical (unpaired) electrons. The molecule has 0 amide bonds. The summed E-state index contributed by atoms with van der Waals surface area (Å²) >= 11 is 0. The highest BCUT2D eigenvalue weighted by molar-refractivity contribution is 5.78. The number of hydrogen-bond donors (Lipinski definition) is 3. The van der Waals surface area contributed by atoms with Crippen molar-refractivity contribution in [3.05, 3.63) is 0 Å². The van der Waals surface area contributed by atoms with Gasteiger partial charge >= 0.3 is 0 Å². The second-order valence-corrected chi connectivity index (χ2v) is 2.81. The first-order chi connectivity index (χ1) is 7.39. The third-order valence-electron chi connectivity index (χ3n) is 1.91. The van der Waals surface area contributed by atoms with Crippen LogP contribution in [0.4, 0.5) is 0 Å². The van der Waals surface area contributed by atoms with Gasteiger partial charge in [0.1, 0.15) is 5.78 Å². The zero-order chi connectivity index (χ0) is 12.5. The molecule has 0 aromatic heterocycles. The molecule has 6 N–H and O–H groups in total. The first-order valence-corrected chi connectivity index (χ1v) is 5.64. The number of Topliss-reactive ketones (excluding diaryl/α,β-unsaturated/α-hetero) is 1. The molecular formula is C11H29N3O. The van der Waals surface area contributed by atoms with E-state index in [0.717, 1.165) is 25.7 Å². The molecule has 0 saturated heterocycles. The molecule has 4 heteroatoms. The van der Waals surface area contributed by atoms with Crippen LogP contribution in [0, 0.1) is 0 Å². The summed E-state index contributed by atoms with van der Waals surface area (Å²) in [7, 11) is 4.50. The number of carbonyl (C=O) groups excluding carboxylic acids is 1. The molecule has 0 aromatic rings. The highest BCUT2D eigenvalue weighted by Crippen LogP contribution is 2.13. The normalized spacial score (nSPS) is 14.9. The predicted molar refractivity (Wildman–Crippen MR) is 67.7 cm³/mol. The van der Waals surface area contributed by atoms with E-state index in [1.54, 1.807) is 0 Å². The standard InChI is InChI=1S/C8H14O.3CH5N/c9-8-6-4-2-1-3-5-7-8;3*1-2/h1-7H2;3*2H2,1H3. The second-order valence-electron chi connectivity index (χ2n) is 2.81. The quantitative estimate of drug-likeness (QED) is 0.567. The van der Waals surface area contributed by atoms with Gasteiger partial charge in [0.05, 0.1) is 0 Å². The zero-order valence-electron chi connectivity index (χ0n) is 10.6. The van der Waals surface area contributed by atoms with E-state index in [9.17, 15) is 4.79 Å². The van der Waals surface area contributed by atoms with Gasteiger partial charge in [-0.15, -0.1) is 0 Å². The van der Waals surface area contributed by atoms with E-state index in [2.05, 4.69) is 17.2 Å². The van der Waals surface area contributed by atoms with Crippen molar-refractivity contribution in [1.29, 1.82) is 0 Å². The van der Waals surface area contributed by atoms with Crippen LogP contribution in [0.5, 0.6) is 0 Å². The molecule has 0 bridgehead atoms. The minimum absolute atomic E-state index is 0.481. The maximum absolute atomic E-state index is 10.8. The van der Waals surface area contributed by atoms with E-state index in [1.165, 1.54) is 40.4 Å². The molecule has 4 nitrogen and oxygen atoms in total. The third-order valence-corrected chi connectivity index (χ3v) is 1.91. The Morgan fingerprint density at radius 2 is 0.933 bits per heavy atom. The molecule has 0 aromatic carbocycles. The Bertz CT molecular complexity index is 98.0. The minimum Gasteiger partial charge on any atom is -0.333 e. The van der Waals surface area contributed by atoms with Crippen molar-refractivity contribution in [2.75, 3.05) is 21.1 Å². The van der Waals surface area contributed by atoms with Gasteiger partial charge in [-0.3, -0.25) is 4.79 Å². The molecule has 1 aliphatic rings. The molecular weight excluding hydrogens is 190 g/mol. The third kappa shape index (κ3) is 19.8. The largest absolute Gasteiger partial charge is 0.333 e. The monoisotopic (exact) mass is 219 g/mol. The van der Waals surface area contributed by atoms with Gasteiger partial charge in [0, 0.05) is 12.8 Å². The van der Waals surface area contributed by atoms with Gasteiger partial charge in [-0.05, 0) is 34.0 Å². The van der Waals surface area contributed by atoms with E-state index < -0.39 is 0 Å². The Kier molecular flexibility index (Phi) is 31.2. The Morgan fingerprint density at radius 1 is 0.667 bits per heavy atom. The number of carbonyl (C=O) groups is 1. The van der Waals surface area contributed by atoms with E-state index in [1.807, 2.05) is 0 Å². The Labute approximate surface area is 94.6 Å². The van der Waals surface area contributed by atoms with Crippen LogP contribution in [-0.2, 0) is 4.79 Å². The maximum atomic E-state index is 10.8. The van der Waals surface area contributed by atoms with Crippen LogP contribution in [0.15, 0.2) is 0 Å². The summed E-state index contributed by atoms with van der Waals surface area (Å²) in [5.41, 5.74) is 13.5. The Balaban J connectivity index is -0.000000208. The highest BCUT2D eigenvalue weighted by atomic mass is 16.1. The molecule has 0 unspecified atom stereocenters. The predicted octanol–water partition coefficient (Wildman–Crippen LogP) is 1.02. The Hall–Kier alpha value is -0.450. The van der Waals surface area contributed by atoms with E-state index in [4.69, 9.17) is 0 Å². The lowest BCUT2D eigenvalue weighted by Crippen LogP contribution is -2.00. The fourth-order valence-corrected chi connectivity index (χ4v) is 1.30. The van der Waals surface area contributed by atoms with Gasteiger partial charge in [-0.2, -0.15) is 0 Å². The number of ketones is 1. The Morgan fingerprint density at radius 3 is 1.27 bits per heavy atom. The van der Waals surface area contributed by atoms with Crippen LogP contribution in [-0.4, -0.2) is 26.9 Å². The molecule has 1 rings (SSSR count). The molecule has 1 aliphatic carbocycles. The van der Waals surface area contributed by atoms with Crippen molar-refractivity contribution >= 4 is 5.78 Å².